The van der Waals surface area contributed by atoms with Crippen LogP contribution in [-0.4, -0.2) is 66.4 Å². The monoisotopic (exact) mass is 392 g/mol. The van der Waals surface area contributed by atoms with Crippen molar-refractivity contribution in [2.45, 2.75) is 15.9 Å². The van der Waals surface area contributed by atoms with Gasteiger partial charge in [-0.3, -0.25) is 5.41 Å². The Balaban J connectivity index is 2.77. The molecule has 10 nitrogen and oxygen atoms in total. The SMILES string of the molecule is CS(=O)(=O)c1ccc(N2CCOC(CO)C2)c(C(=N)N)c1S(N)(=O)=O. The van der Waals surface area contributed by atoms with Gasteiger partial charge in [0.2, 0.25) is 10.0 Å². The molecule has 1 unspecified atom stereocenters. The molecule has 1 aromatic rings. The van der Waals surface area contributed by atoms with E-state index in [1.54, 1.807) is 4.90 Å². The number of benzene rings is 1. The molecule has 140 valence electrons. The average molecular weight is 392 g/mol. The number of morpholine rings is 1. The second-order valence-corrected chi connectivity index (χ2v) is 9.12. The van der Waals surface area contributed by atoms with Gasteiger partial charge < -0.3 is 20.5 Å². The Bertz CT molecular complexity index is 897. The molecule has 0 saturated carbocycles. The van der Waals surface area contributed by atoms with Gasteiger partial charge >= 0.3 is 0 Å². The van der Waals surface area contributed by atoms with Gasteiger partial charge in [0, 0.05) is 25.0 Å². The molecule has 1 heterocycles. The van der Waals surface area contributed by atoms with Crippen molar-refractivity contribution in [3.8, 4) is 0 Å². The van der Waals surface area contributed by atoms with Crippen molar-refractivity contribution in [1.29, 1.82) is 5.41 Å². The topological polar surface area (TPSA) is 177 Å². The van der Waals surface area contributed by atoms with E-state index in [-0.39, 0.29) is 31.0 Å². The van der Waals surface area contributed by atoms with Gasteiger partial charge in [-0.1, -0.05) is 0 Å². The highest BCUT2D eigenvalue weighted by Crippen LogP contribution is 2.33. The number of ether oxygens (including phenoxy) is 1. The van der Waals surface area contributed by atoms with Crippen LogP contribution in [0.3, 0.4) is 0 Å². The molecular weight excluding hydrogens is 372 g/mol. The number of rotatable bonds is 5. The number of nitrogens with one attached hydrogen (secondary N) is 1. The van der Waals surface area contributed by atoms with Gasteiger partial charge in [-0.05, 0) is 12.1 Å². The summed E-state index contributed by atoms with van der Waals surface area (Å²) in [5, 5.41) is 22.2. The normalized spacial score (nSPS) is 19.0. The van der Waals surface area contributed by atoms with E-state index in [2.05, 4.69) is 0 Å². The zero-order valence-electron chi connectivity index (χ0n) is 13.5. The largest absolute Gasteiger partial charge is 0.394 e. The van der Waals surface area contributed by atoms with Crippen molar-refractivity contribution in [2.75, 3.05) is 37.5 Å². The second kappa shape index (κ2) is 6.88. The first kappa shape index (κ1) is 19.6. The third-order valence-corrected chi connectivity index (χ3v) is 6.00. The molecule has 0 amide bonds. The molecule has 1 aromatic carbocycles. The van der Waals surface area contributed by atoms with Crippen LogP contribution in [0, 0.1) is 5.41 Å². The maximum Gasteiger partial charge on any atom is 0.240 e. The van der Waals surface area contributed by atoms with Crippen molar-refractivity contribution >= 4 is 31.4 Å². The summed E-state index contributed by atoms with van der Waals surface area (Å²) in [6, 6.07) is 2.50. The molecule has 1 saturated heterocycles. The Morgan fingerprint density at radius 2 is 2.04 bits per heavy atom. The van der Waals surface area contributed by atoms with E-state index in [1.165, 1.54) is 6.07 Å². The number of aliphatic hydroxyl groups is 1. The lowest BCUT2D eigenvalue weighted by Crippen LogP contribution is -2.45. The van der Waals surface area contributed by atoms with Crippen LogP contribution >= 0.6 is 0 Å². The van der Waals surface area contributed by atoms with Crippen molar-refractivity contribution in [3.63, 3.8) is 0 Å². The summed E-state index contributed by atoms with van der Waals surface area (Å²) in [7, 11) is -8.41. The molecule has 6 N–H and O–H groups in total. The lowest BCUT2D eigenvalue weighted by atomic mass is 10.1. The summed E-state index contributed by atoms with van der Waals surface area (Å²) in [4.78, 5) is 0.449. The Kier molecular flexibility index (Phi) is 5.39. The van der Waals surface area contributed by atoms with Gasteiger partial charge in [0.25, 0.3) is 0 Å². The minimum absolute atomic E-state index is 0.221. The zero-order chi connectivity index (χ0) is 19.0. The molecular formula is C13H20N4O6S2. The highest BCUT2D eigenvalue weighted by atomic mass is 32.2. The standard InChI is InChI=1S/C13H20N4O6S2/c1-24(19,20)10-3-2-9(17-4-5-23-8(6-17)7-18)11(13(14)15)12(10)25(16,21)22/h2-3,8,18H,4-7H2,1H3,(H3,14,15)(H2,16,21,22). The predicted octanol–water partition coefficient (Wildman–Crippen LogP) is -1.78. The molecule has 2 rings (SSSR count). The van der Waals surface area contributed by atoms with E-state index in [1.807, 2.05) is 0 Å². The number of nitrogens with two attached hydrogens (primary N) is 2. The molecule has 0 aromatic heterocycles. The average Bonchev–Trinajstić information content (AvgIpc) is 2.51. The fraction of sp³-hybridized carbons (Fsp3) is 0.462. The molecule has 1 aliphatic heterocycles. The number of aliphatic hydroxyl groups excluding tert-OH is 1. The number of amidine groups is 1. The van der Waals surface area contributed by atoms with Crippen LogP contribution in [0.25, 0.3) is 0 Å². The van der Waals surface area contributed by atoms with Gasteiger partial charge in [0.1, 0.15) is 10.7 Å². The maximum absolute atomic E-state index is 12.1. The van der Waals surface area contributed by atoms with Gasteiger partial charge in [-0.2, -0.15) is 0 Å². The van der Waals surface area contributed by atoms with Crippen LogP contribution in [0.15, 0.2) is 21.9 Å². The second-order valence-electron chi connectivity index (χ2n) is 5.64. The molecule has 12 heteroatoms. The number of sulfone groups is 1. The van der Waals surface area contributed by atoms with Gasteiger partial charge in [0.15, 0.2) is 9.84 Å². The molecule has 1 atom stereocenters. The number of hydrogen-bond donors (Lipinski definition) is 4. The summed E-state index contributed by atoms with van der Waals surface area (Å²) in [6.45, 7) is 0.592. The van der Waals surface area contributed by atoms with E-state index in [0.29, 0.717) is 6.54 Å². The number of nitrogens with zero attached hydrogens (tertiary/aromatic N) is 1. The van der Waals surface area contributed by atoms with Crippen LogP contribution in [0.5, 0.6) is 0 Å². The van der Waals surface area contributed by atoms with Crippen LogP contribution in [0.1, 0.15) is 5.56 Å². The maximum atomic E-state index is 12.1. The van der Waals surface area contributed by atoms with E-state index in [4.69, 9.17) is 21.0 Å². The number of primary sulfonamides is 1. The molecule has 1 aliphatic rings. The first-order valence-corrected chi connectivity index (χ1v) is 10.6. The minimum Gasteiger partial charge on any atom is -0.394 e. The van der Waals surface area contributed by atoms with E-state index in [0.717, 1.165) is 12.3 Å². The van der Waals surface area contributed by atoms with Crippen LogP contribution in [-0.2, 0) is 24.6 Å². The van der Waals surface area contributed by atoms with E-state index in [9.17, 15) is 21.9 Å². The minimum atomic E-state index is -4.48. The fourth-order valence-electron chi connectivity index (χ4n) is 2.70. The smallest absolute Gasteiger partial charge is 0.240 e. The van der Waals surface area contributed by atoms with E-state index < -0.39 is 41.6 Å². The molecule has 0 radical (unpaired) electrons. The molecule has 0 aliphatic carbocycles. The van der Waals surface area contributed by atoms with Crippen molar-refractivity contribution < 1.29 is 26.7 Å². The quantitative estimate of drug-likeness (QED) is 0.335. The molecule has 0 spiro atoms. The van der Waals surface area contributed by atoms with Gasteiger partial charge in [-0.25, -0.2) is 22.0 Å². The number of hydrogen-bond acceptors (Lipinski definition) is 8. The molecule has 0 bridgehead atoms. The van der Waals surface area contributed by atoms with Gasteiger partial charge in [0.05, 0.1) is 29.8 Å². The van der Waals surface area contributed by atoms with Crippen LogP contribution in [0.4, 0.5) is 5.69 Å². The first-order chi connectivity index (χ1) is 11.5. The van der Waals surface area contributed by atoms with Crippen molar-refractivity contribution in [1.82, 2.24) is 0 Å². The highest BCUT2D eigenvalue weighted by Gasteiger charge is 2.31. The van der Waals surface area contributed by atoms with Crippen molar-refractivity contribution in [2.24, 2.45) is 10.9 Å². The number of sulfonamides is 1. The summed E-state index contributed by atoms with van der Waals surface area (Å²) in [5.41, 5.74) is 5.53. The van der Waals surface area contributed by atoms with E-state index >= 15 is 0 Å². The zero-order valence-corrected chi connectivity index (χ0v) is 15.1. The summed E-state index contributed by atoms with van der Waals surface area (Å²) < 4.78 is 53.4. The Hall–Kier alpha value is -1.73. The Labute approximate surface area is 145 Å². The van der Waals surface area contributed by atoms with Crippen molar-refractivity contribution in [3.05, 3.63) is 17.7 Å². The highest BCUT2D eigenvalue weighted by molar-refractivity contribution is 7.93. The van der Waals surface area contributed by atoms with Crippen LogP contribution < -0.4 is 15.8 Å². The lowest BCUT2D eigenvalue weighted by Gasteiger charge is -2.35. The fourth-order valence-corrected chi connectivity index (χ4v) is 5.10. The third-order valence-electron chi connectivity index (χ3n) is 3.74. The third kappa shape index (κ3) is 4.10. The number of nitrogen functional groups attached to an aromatic ring is 1. The Morgan fingerprint density at radius 1 is 1.40 bits per heavy atom. The first-order valence-electron chi connectivity index (χ1n) is 7.18. The van der Waals surface area contributed by atoms with Gasteiger partial charge in [-0.15, -0.1) is 0 Å². The summed E-state index contributed by atoms with van der Waals surface area (Å²) >= 11 is 0. The predicted molar refractivity (Wildman–Crippen MR) is 91.0 cm³/mol. The van der Waals surface area contributed by atoms with Crippen LogP contribution in [0.2, 0.25) is 0 Å². The summed E-state index contributed by atoms with van der Waals surface area (Å²) in [5.74, 6) is -0.628. The molecule has 25 heavy (non-hydrogen) atoms. The summed E-state index contributed by atoms with van der Waals surface area (Å²) in [6.07, 6.45) is 0.345. The Morgan fingerprint density at radius 3 is 2.52 bits per heavy atom. The number of anilines is 1. The molecule has 1 fully saturated rings. The lowest BCUT2D eigenvalue weighted by molar-refractivity contribution is 0.00354.